The van der Waals surface area contributed by atoms with Gasteiger partial charge >= 0.3 is 17.1 Å². The van der Waals surface area contributed by atoms with E-state index in [-0.39, 0.29) is 71.1 Å². The quantitative estimate of drug-likeness (QED) is 0.108. The third kappa shape index (κ3) is 16.1. The molecule has 0 bridgehead atoms. The zero-order valence-corrected chi connectivity index (χ0v) is 51.9. The molecule has 82 heavy (non-hydrogen) atoms. The van der Waals surface area contributed by atoms with E-state index in [1.807, 2.05) is 18.2 Å². The van der Waals surface area contributed by atoms with Crippen LogP contribution in [0.2, 0.25) is 0 Å². The minimum absolute atomic E-state index is 0.0204. The Kier molecular flexibility index (Phi) is 21.9. The van der Waals surface area contributed by atoms with Crippen molar-refractivity contribution < 1.29 is 14.4 Å². The number of amides is 3. The van der Waals surface area contributed by atoms with E-state index in [2.05, 4.69) is 130 Å². The van der Waals surface area contributed by atoms with Gasteiger partial charge < -0.3 is 25.1 Å². The fourth-order valence-corrected chi connectivity index (χ4v) is 10.3. The maximum atomic E-state index is 13.0. The maximum absolute atomic E-state index is 13.0. The topological polar surface area (TPSA) is 353 Å². The first-order valence-electron chi connectivity index (χ1n) is 23.0. The van der Waals surface area contributed by atoms with Gasteiger partial charge in [-0.05, 0) is 72.1 Å². The van der Waals surface area contributed by atoms with Crippen LogP contribution in [-0.2, 0) is 66.9 Å². The van der Waals surface area contributed by atoms with Crippen LogP contribution in [0.25, 0.3) is 22.3 Å². The molecule has 1 aliphatic rings. The van der Waals surface area contributed by atoms with Gasteiger partial charge in [0.05, 0.1) is 36.2 Å². The standard InChI is InChI=1S/C17H14BrN7O3S.C11H9BrN6O3S.C7H7N3O2.C6H6BrN.C5H4BrClN2OS/c1-23-14-13(15(27)25(17(23)28)6-10-4-2-3-5-19-10)24(9-20-14)7-12(26)21-11-8-29-16(18)22-11;1-17-8-7(9(20)16-11(17)21)18(4-13-8)2-6(19)14-5-3-22-10(12)15-5;1-10-5-4(2-3-8-5)6(11)9-7(10)12;7-5-6-3-1-2-4-8-6;6-5-9-3(2-11-5)8-4(10)1-7/h2-5,8-9H,6-7H2,1H3,(H,21,26);3-4H,2H2,1H3,(H,14,19)(H,16,20,21);3H,2H2,1H3,(H,9,11,12);1-4H,5H2;2H,1H2,(H,8,10). The number of nitrogens with zero attached hydrogens (tertiary/aromatic N) is 14. The molecule has 0 radical (unpaired) electrons. The summed E-state index contributed by atoms with van der Waals surface area (Å²) in [7, 11) is 4.60. The van der Waals surface area contributed by atoms with Crippen LogP contribution in [0.5, 0.6) is 0 Å². The summed E-state index contributed by atoms with van der Waals surface area (Å²) in [4.78, 5) is 143. The molecule has 28 nitrogen and oxygen atoms in total. The highest BCUT2D eigenvalue weighted by Crippen LogP contribution is 2.22. The number of halogens is 5. The molecular formula is C46H40Br4ClN19O9S3. The van der Waals surface area contributed by atoms with E-state index in [4.69, 9.17) is 11.6 Å². The SMILES string of the molecule is BrCc1ccccn1.Cn1c(=O)[nH]c(=O)c2c1ncn2CC(=O)Nc1csc(Br)n1.Cn1c(=O)n(Cc2ccccn2)c(=O)c2c1ncn2CC(=O)Nc1csc(Br)n1.Cn1c2c(c(=O)[nH]c1=O)CC=N2.O=C(CCl)Nc1csc(Br)n1. The number of hydrogen-bond donors (Lipinski definition) is 5. The fourth-order valence-electron chi connectivity index (χ4n) is 7.02. The average Bonchev–Trinajstić information content (AvgIpc) is 4.55. The van der Waals surface area contributed by atoms with Gasteiger partial charge in [-0.1, -0.05) is 28.1 Å². The lowest BCUT2D eigenvalue weighted by Crippen LogP contribution is -2.40. The van der Waals surface area contributed by atoms with Crippen LogP contribution in [0.4, 0.5) is 23.3 Å². The number of H-pyrrole nitrogens is 2. The van der Waals surface area contributed by atoms with Gasteiger partial charge in [0, 0.05) is 67.6 Å². The molecule has 0 spiro atoms. The number of rotatable bonds is 11. The second-order valence-corrected chi connectivity index (χ2v) is 23.5. The molecule has 0 aliphatic carbocycles. The van der Waals surface area contributed by atoms with Crippen molar-refractivity contribution in [2.24, 2.45) is 26.1 Å². The number of alkyl halides is 2. The van der Waals surface area contributed by atoms with Crippen LogP contribution in [0.3, 0.4) is 0 Å². The van der Waals surface area contributed by atoms with E-state index < -0.39 is 28.2 Å². The number of pyridine rings is 2. The molecule has 0 atom stereocenters. The van der Waals surface area contributed by atoms with Crippen LogP contribution < -0.4 is 49.7 Å². The highest BCUT2D eigenvalue weighted by molar-refractivity contribution is 9.11. The highest BCUT2D eigenvalue weighted by Gasteiger charge is 2.20. The van der Waals surface area contributed by atoms with Crippen molar-refractivity contribution in [2.45, 2.75) is 31.4 Å². The van der Waals surface area contributed by atoms with Crippen LogP contribution in [-0.4, -0.2) is 102 Å². The van der Waals surface area contributed by atoms with E-state index in [1.54, 1.807) is 60.0 Å². The minimum atomic E-state index is -0.584. The first-order valence-corrected chi connectivity index (χ1v) is 29.7. The summed E-state index contributed by atoms with van der Waals surface area (Å²) in [6, 6.07) is 11.1. The van der Waals surface area contributed by atoms with Crippen molar-refractivity contribution in [2.75, 3.05) is 21.8 Å². The molecule has 3 amide bonds. The number of anilines is 3. The van der Waals surface area contributed by atoms with E-state index in [1.165, 1.54) is 83.6 Å². The Balaban J connectivity index is 0.000000160. The van der Waals surface area contributed by atoms with Gasteiger partial charge in [-0.3, -0.25) is 67.0 Å². The summed E-state index contributed by atoms with van der Waals surface area (Å²) < 4.78 is 9.75. The number of nitrogens with one attached hydrogen (secondary N) is 5. The van der Waals surface area contributed by atoms with Gasteiger partial charge in [-0.2, -0.15) is 0 Å². The molecule has 0 saturated carbocycles. The van der Waals surface area contributed by atoms with Gasteiger partial charge in [0.15, 0.2) is 34.1 Å². The van der Waals surface area contributed by atoms with E-state index in [9.17, 15) is 43.2 Å². The molecule has 11 rings (SSSR count). The largest absolute Gasteiger partial charge is 0.332 e. The van der Waals surface area contributed by atoms with Gasteiger partial charge in [-0.15, -0.1) is 45.6 Å². The molecular weight excluding hydrogens is 1410 g/mol. The normalized spacial score (nSPS) is 11.0. The van der Waals surface area contributed by atoms with Crippen molar-refractivity contribution >= 4 is 179 Å². The average molecular weight is 1450 g/mol. The first-order chi connectivity index (χ1) is 39.2. The van der Waals surface area contributed by atoms with Crippen molar-refractivity contribution in [3.63, 3.8) is 0 Å². The van der Waals surface area contributed by atoms with Crippen LogP contribution >= 0.6 is 109 Å². The molecule has 0 aromatic carbocycles. The Bertz CT molecular complexity index is 4340. The molecule has 0 saturated heterocycles. The summed E-state index contributed by atoms with van der Waals surface area (Å²) in [6.07, 6.45) is 8.23. The Morgan fingerprint density at radius 1 is 0.634 bits per heavy atom. The Morgan fingerprint density at radius 2 is 1.12 bits per heavy atom. The smallest absolute Gasteiger partial charge is 0.315 e. The van der Waals surface area contributed by atoms with Gasteiger partial charge in [0.2, 0.25) is 17.7 Å². The fraction of sp³-hybridized carbons (Fsp3) is 0.196. The lowest BCUT2D eigenvalue weighted by atomic mass is 10.2. The van der Waals surface area contributed by atoms with Crippen LogP contribution in [0, 0.1) is 0 Å². The molecule has 0 unspecified atom stereocenters. The number of aliphatic imine (C=N–C) groups is 1. The van der Waals surface area contributed by atoms with Gasteiger partial charge in [0.1, 0.15) is 42.2 Å². The first kappa shape index (κ1) is 62.1. The molecule has 36 heteroatoms. The summed E-state index contributed by atoms with van der Waals surface area (Å²) in [5, 5.41) is 13.7. The predicted octanol–water partition coefficient (Wildman–Crippen LogP) is 4.87. The second-order valence-electron chi connectivity index (χ2n) is 16.3. The van der Waals surface area contributed by atoms with Crippen molar-refractivity contribution in [1.82, 2.24) is 72.3 Å². The molecule has 10 aromatic rings. The third-order valence-corrected chi connectivity index (χ3v) is 15.7. The number of aromatic nitrogens is 15. The highest BCUT2D eigenvalue weighted by atomic mass is 79.9. The second kappa shape index (κ2) is 28.9. The molecule has 5 N–H and O–H groups in total. The number of aromatic amines is 2. The number of fused-ring (bicyclic) bond motifs is 3. The summed E-state index contributed by atoms with van der Waals surface area (Å²) in [5.41, 5.74) is 0.0516. The third-order valence-electron chi connectivity index (χ3n) is 10.8. The number of aryl methyl sites for hydroxylation is 2. The zero-order valence-electron chi connectivity index (χ0n) is 42.4. The predicted molar refractivity (Wildman–Crippen MR) is 325 cm³/mol. The number of carbonyl (C=O) groups excluding carboxylic acids is 3. The van der Waals surface area contributed by atoms with Crippen molar-refractivity contribution in [3.05, 3.63) is 169 Å². The van der Waals surface area contributed by atoms with E-state index >= 15 is 0 Å². The lowest BCUT2D eigenvalue weighted by Gasteiger charge is -2.09. The zero-order chi connectivity index (χ0) is 59.2. The lowest BCUT2D eigenvalue weighted by molar-refractivity contribution is -0.117. The molecule has 10 aromatic heterocycles. The Morgan fingerprint density at radius 3 is 1.60 bits per heavy atom. The van der Waals surface area contributed by atoms with E-state index in [0.717, 1.165) is 19.5 Å². The number of hydrogen-bond acceptors (Lipinski definition) is 20. The maximum Gasteiger partial charge on any atom is 0.332 e. The molecule has 1 aliphatic heterocycles. The summed E-state index contributed by atoms with van der Waals surface area (Å²) in [6.45, 7) is -0.248. The van der Waals surface area contributed by atoms with Crippen LogP contribution in [0.15, 0.2) is 123 Å². The van der Waals surface area contributed by atoms with Crippen molar-refractivity contribution in [3.8, 4) is 0 Å². The summed E-state index contributed by atoms with van der Waals surface area (Å²) >= 11 is 22.2. The summed E-state index contributed by atoms with van der Waals surface area (Å²) in [5.74, 6) is 0.830. The number of imidazole rings is 2. The number of carbonyl (C=O) groups is 3. The number of thiazole rings is 3. The minimum Gasteiger partial charge on any atom is -0.315 e. The monoisotopic (exact) mass is 1450 g/mol. The molecule has 0 fully saturated rings. The molecule has 11 heterocycles. The van der Waals surface area contributed by atoms with Crippen LogP contribution in [0.1, 0.15) is 17.0 Å². The Labute approximate surface area is 509 Å². The van der Waals surface area contributed by atoms with Crippen molar-refractivity contribution in [1.29, 1.82) is 0 Å². The molecule has 426 valence electrons. The van der Waals surface area contributed by atoms with E-state index in [0.29, 0.717) is 48.8 Å². The van der Waals surface area contributed by atoms with Gasteiger partial charge in [-0.25, -0.2) is 44.3 Å². The van der Waals surface area contributed by atoms with Gasteiger partial charge in [0.25, 0.3) is 16.7 Å². The Hall–Kier alpha value is -7.54.